The van der Waals surface area contributed by atoms with Gasteiger partial charge in [0.15, 0.2) is 5.69 Å². The van der Waals surface area contributed by atoms with Crippen LogP contribution >= 0.6 is 15.9 Å². The standard InChI is InChI=1S/C14H22BrN3O/c1-8-6-5-7-11(9(8)2)16-14(19)13-12(15)10(3)18(4)17-13/h8-9,11H,5-7H2,1-4H3,(H,16,19)/t8-,9+,11-/m1/s1. The van der Waals surface area contributed by atoms with Gasteiger partial charge in [-0.05, 0) is 41.1 Å². The Morgan fingerprint density at radius 1 is 1.42 bits per heavy atom. The number of nitrogens with zero attached hydrogens (tertiary/aromatic N) is 2. The molecule has 106 valence electrons. The van der Waals surface area contributed by atoms with E-state index in [1.165, 1.54) is 12.8 Å². The molecule has 19 heavy (non-hydrogen) atoms. The zero-order chi connectivity index (χ0) is 14.2. The minimum atomic E-state index is -0.0680. The molecule has 0 aliphatic heterocycles. The number of aryl methyl sites for hydroxylation is 1. The Morgan fingerprint density at radius 2 is 2.11 bits per heavy atom. The Kier molecular flexibility index (Phi) is 4.33. The van der Waals surface area contributed by atoms with E-state index in [1.807, 2.05) is 14.0 Å². The minimum absolute atomic E-state index is 0.0680. The predicted octanol–water partition coefficient (Wildman–Crippen LogP) is 3.05. The SMILES string of the molecule is Cc1c(Br)c(C(=O)N[C@@H]2CCC[C@@H](C)[C@@H]2C)nn1C. The molecule has 0 radical (unpaired) electrons. The van der Waals surface area contributed by atoms with Crippen molar-refractivity contribution in [3.63, 3.8) is 0 Å². The normalized spacial score (nSPS) is 27.3. The highest BCUT2D eigenvalue weighted by Gasteiger charge is 2.29. The maximum absolute atomic E-state index is 12.3. The molecule has 1 amide bonds. The highest BCUT2D eigenvalue weighted by atomic mass is 79.9. The molecule has 0 unspecified atom stereocenters. The highest BCUT2D eigenvalue weighted by molar-refractivity contribution is 9.10. The number of aromatic nitrogens is 2. The average Bonchev–Trinajstić information content (AvgIpc) is 2.63. The number of nitrogens with one attached hydrogen (secondary N) is 1. The Hall–Kier alpha value is -0.840. The second kappa shape index (κ2) is 5.65. The lowest BCUT2D eigenvalue weighted by atomic mass is 9.78. The van der Waals surface area contributed by atoms with Crippen LogP contribution in [0.1, 0.15) is 49.3 Å². The van der Waals surface area contributed by atoms with Gasteiger partial charge in [0.25, 0.3) is 5.91 Å². The van der Waals surface area contributed by atoms with Gasteiger partial charge in [-0.25, -0.2) is 0 Å². The van der Waals surface area contributed by atoms with Crippen molar-refractivity contribution < 1.29 is 4.79 Å². The van der Waals surface area contributed by atoms with Crippen molar-refractivity contribution in [1.29, 1.82) is 0 Å². The quantitative estimate of drug-likeness (QED) is 0.907. The van der Waals surface area contributed by atoms with Gasteiger partial charge >= 0.3 is 0 Å². The van der Waals surface area contributed by atoms with Gasteiger partial charge in [0.1, 0.15) is 0 Å². The largest absolute Gasteiger partial charge is 0.348 e. The van der Waals surface area contributed by atoms with E-state index in [0.29, 0.717) is 17.5 Å². The number of hydrogen-bond acceptors (Lipinski definition) is 2. The summed E-state index contributed by atoms with van der Waals surface area (Å²) in [6.45, 7) is 6.44. The van der Waals surface area contributed by atoms with Crippen LogP contribution in [0.25, 0.3) is 0 Å². The van der Waals surface area contributed by atoms with Crippen LogP contribution in [0.2, 0.25) is 0 Å². The van der Waals surface area contributed by atoms with Crippen molar-refractivity contribution >= 4 is 21.8 Å². The fourth-order valence-corrected chi connectivity index (χ4v) is 3.27. The summed E-state index contributed by atoms with van der Waals surface area (Å²) in [4.78, 5) is 12.3. The van der Waals surface area contributed by atoms with Crippen LogP contribution in [0, 0.1) is 18.8 Å². The van der Waals surface area contributed by atoms with Gasteiger partial charge in [0.2, 0.25) is 0 Å². The smallest absolute Gasteiger partial charge is 0.273 e. The predicted molar refractivity (Wildman–Crippen MR) is 79.1 cm³/mol. The molecular weight excluding hydrogens is 306 g/mol. The maximum Gasteiger partial charge on any atom is 0.273 e. The lowest BCUT2D eigenvalue weighted by molar-refractivity contribution is 0.0884. The molecule has 1 N–H and O–H groups in total. The van der Waals surface area contributed by atoms with Crippen LogP contribution in [0.15, 0.2) is 4.47 Å². The van der Waals surface area contributed by atoms with E-state index < -0.39 is 0 Å². The summed E-state index contributed by atoms with van der Waals surface area (Å²) in [5.41, 5.74) is 1.46. The van der Waals surface area contributed by atoms with Crippen LogP contribution in [-0.2, 0) is 7.05 Å². The van der Waals surface area contributed by atoms with Gasteiger partial charge in [0.05, 0.1) is 10.2 Å². The third kappa shape index (κ3) is 2.86. The molecule has 1 saturated carbocycles. The average molecular weight is 328 g/mol. The third-order valence-electron chi connectivity index (χ3n) is 4.50. The molecular formula is C14H22BrN3O. The summed E-state index contributed by atoms with van der Waals surface area (Å²) in [7, 11) is 1.85. The van der Waals surface area contributed by atoms with E-state index >= 15 is 0 Å². The monoisotopic (exact) mass is 327 g/mol. The molecule has 4 nitrogen and oxygen atoms in total. The summed E-state index contributed by atoms with van der Waals surface area (Å²) in [5, 5.41) is 7.43. The number of amides is 1. The molecule has 1 aromatic rings. The van der Waals surface area contributed by atoms with Crippen LogP contribution in [-0.4, -0.2) is 21.7 Å². The highest BCUT2D eigenvalue weighted by Crippen LogP contribution is 2.30. The second-order valence-electron chi connectivity index (χ2n) is 5.72. The van der Waals surface area contributed by atoms with Crippen LogP contribution in [0.5, 0.6) is 0 Å². The van der Waals surface area contributed by atoms with Crippen LogP contribution in [0.3, 0.4) is 0 Å². The van der Waals surface area contributed by atoms with E-state index in [1.54, 1.807) is 4.68 Å². The number of rotatable bonds is 2. The van der Waals surface area contributed by atoms with Crippen molar-refractivity contribution in [3.8, 4) is 0 Å². The van der Waals surface area contributed by atoms with E-state index in [-0.39, 0.29) is 11.9 Å². The van der Waals surface area contributed by atoms with Gasteiger partial charge in [-0.15, -0.1) is 0 Å². The molecule has 5 heteroatoms. The molecule has 0 bridgehead atoms. The summed E-state index contributed by atoms with van der Waals surface area (Å²) >= 11 is 3.45. The summed E-state index contributed by atoms with van der Waals surface area (Å²) in [6.07, 6.45) is 3.53. The molecule has 1 aliphatic rings. The Bertz CT molecular complexity index is 483. The molecule has 0 aromatic carbocycles. The van der Waals surface area contributed by atoms with Gasteiger partial charge in [-0.2, -0.15) is 5.10 Å². The lowest BCUT2D eigenvalue weighted by Crippen LogP contribution is -2.43. The molecule has 0 saturated heterocycles. The van der Waals surface area contributed by atoms with E-state index in [4.69, 9.17) is 0 Å². The van der Waals surface area contributed by atoms with Crippen LogP contribution in [0.4, 0.5) is 0 Å². The number of carbonyl (C=O) groups is 1. The van der Waals surface area contributed by atoms with Crippen molar-refractivity contribution in [2.75, 3.05) is 0 Å². The lowest BCUT2D eigenvalue weighted by Gasteiger charge is -2.34. The van der Waals surface area contributed by atoms with Gasteiger partial charge in [0, 0.05) is 13.1 Å². The summed E-state index contributed by atoms with van der Waals surface area (Å²) in [6, 6.07) is 0.269. The zero-order valence-corrected chi connectivity index (χ0v) is 13.6. The third-order valence-corrected chi connectivity index (χ3v) is 5.45. The molecule has 1 aromatic heterocycles. The Morgan fingerprint density at radius 3 is 2.68 bits per heavy atom. The topological polar surface area (TPSA) is 46.9 Å². The molecule has 0 spiro atoms. The van der Waals surface area contributed by atoms with E-state index in [0.717, 1.165) is 16.6 Å². The first-order valence-electron chi connectivity index (χ1n) is 6.91. The maximum atomic E-state index is 12.3. The van der Waals surface area contributed by atoms with Gasteiger partial charge < -0.3 is 5.32 Å². The number of carbonyl (C=O) groups excluding carboxylic acids is 1. The van der Waals surface area contributed by atoms with Gasteiger partial charge in [-0.1, -0.05) is 26.7 Å². The first-order valence-corrected chi connectivity index (χ1v) is 7.71. The summed E-state index contributed by atoms with van der Waals surface area (Å²) in [5.74, 6) is 1.13. The van der Waals surface area contributed by atoms with E-state index in [9.17, 15) is 4.79 Å². The first kappa shape index (κ1) is 14.6. The zero-order valence-electron chi connectivity index (χ0n) is 12.0. The molecule has 1 fully saturated rings. The number of hydrogen-bond donors (Lipinski definition) is 1. The molecule has 3 atom stereocenters. The number of halogens is 1. The fourth-order valence-electron chi connectivity index (χ4n) is 2.75. The fraction of sp³-hybridized carbons (Fsp3) is 0.714. The van der Waals surface area contributed by atoms with Gasteiger partial charge in [-0.3, -0.25) is 9.48 Å². The Labute approximate surface area is 123 Å². The van der Waals surface area contributed by atoms with Crippen molar-refractivity contribution in [3.05, 3.63) is 15.9 Å². The minimum Gasteiger partial charge on any atom is -0.348 e. The summed E-state index contributed by atoms with van der Waals surface area (Å²) < 4.78 is 2.52. The molecule has 2 rings (SSSR count). The van der Waals surface area contributed by atoms with Crippen molar-refractivity contribution in [2.24, 2.45) is 18.9 Å². The van der Waals surface area contributed by atoms with Crippen molar-refractivity contribution in [1.82, 2.24) is 15.1 Å². The second-order valence-corrected chi connectivity index (χ2v) is 6.51. The first-order chi connectivity index (χ1) is 8.91. The van der Waals surface area contributed by atoms with Crippen LogP contribution < -0.4 is 5.32 Å². The molecule has 1 aliphatic carbocycles. The Balaban J connectivity index is 2.10. The molecule has 1 heterocycles. The van der Waals surface area contributed by atoms with Crippen molar-refractivity contribution in [2.45, 2.75) is 46.1 Å². The van der Waals surface area contributed by atoms with E-state index in [2.05, 4.69) is 40.2 Å².